The molecule has 0 radical (unpaired) electrons. The Morgan fingerprint density at radius 3 is 2.47 bits per heavy atom. The zero-order valence-electron chi connectivity index (χ0n) is 17.4. The maximum Gasteiger partial charge on any atom is 0.279 e. The van der Waals surface area contributed by atoms with Gasteiger partial charge in [-0.1, -0.05) is 48.2 Å². The lowest BCUT2D eigenvalue weighted by Crippen LogP contribution is -2.42. The largest absolute Gasteiger partial charge is 0.279 e. The minimum Gasteiger partial charge on any atom is -0.272 e. The minimum atomic E-state index is -0.407. The topological polar surface area (TPSA) is 93.1 Å². The maximum atomic E-state index is 13.4. The van der Waals surface area contributed by atoms with Crippen LogP contribution in [0.1, 0.15) is 20.8 Å². The maximum absolute atomic E-state index is 13.4. The van der Waals surface area contributed by atoms with Crippen molar-refractivity contribution >= 4 is 45.8 Å². The molecule has 2 aromatic carbocycles. The fraction of sp³-hybridized carbons (Fsp3) is 0.130. The molecular formula is C23H20N4O3S2. The van der Waals surface area contributed by atoms with Crippen LogP contribution >= 0.6 is 23.1 Å². The zero-order chi connectivity index (χ0) is 22.7. The molecule has 2 amide bonds. The van der Waals surface area contributed by atoms with Crippen molar-refractivity contribution < 1.29 is 9.59 Å². The van der Waals surface area contributed by atoms with Gasteiger partial charge in [-0.3, -0.25) is 29.8 Å². The molecule has 32 heavy (non-hydrogen) atoms. The molecule has 0 aliphatic heterocycles. The Labute approximate surface area is 192 Å². The third kappa shape index (κ3) is 4.44. The first-order valence-electron chi connectivity index (χ1n) is 9.79. The van der Waals surface area contributed by atoms with Gasteiger partial charge in [-0.05, 0) is 48.6 Å². The van der Waals surface area contributed by atoms with E-state index >= 15 is 0 Å². The Hall–Kier alpha value is -3.43. The Kier molecular flexibility index (Phi) is 6.38. The molecule has 7 nitrogen and oxygen atoms in total. The molecule has 0 fully saturated rings. The monoisotopic (exact) mass is 464 g/mol. The zero-order valence-corrected chi connectivity index (χ0v) is 19.0. The molecule has 9 heteroatoms. The molecule has 2 N–H and O–H groups in total. The second-order valence-corrected chi connectivity index (χ2v) is 8.95. The van der Waals surface area contributed by atoms with Gasteiger partial charge < -0.3 is 0 Å². The van der Waals surface area contributed by atoms with Gasteiger partial charge in [0, 0.05) is 0 Å². The lowest BCUT2D eigenvalue weighted by Gasteiger charge is -2.17. The van der Waals surface area contributed by atoms with Gasteiger partial charge >= 0.3 is 0 Å². The first-order chi connectivity index (χ1) is 15.5. The highest BCUT2D eigenvalue weighted by Crippen LogP contribution is 2.25. The number of para-hydroxylation sites is 2. The van der Waals surface area contributed by atoms with Crippen LogP contribution in [-0.2, 0) is 4.79 Å². The molecule has 162 valence electrons. The summed E-state index contributed by atoms with van der Waals surface area (Å²) >= 11 is 2.42. The SMILES string of the molecule is Cc1cccc(C)c1-n1c(SCC(=O)NNC(=O)c2cccs2)nc2ccccc2c1=O. The number of amides is 2. The number of nitrogens with one attached hydrogen (secondary N) is 2. The number of hydrazine groups is 1. The average molecular weight is 465 g/mol. The summed E-state index contributed by atoms with van der Waals surface area (Å²) in [6.07, 6.45) is 0. The number of hydrogen-bond donors (Lipinski definition) is 2. The van der Waals surface area contributed by atoms with Crippen molar-refractivity contribution in [2.24, 2.45) is 0 Å². The number of nitrogens with zero attached hydrogens (tertiary/aromatic N) is 2. The van der Waals surface area contributed by atoms with Crippen LogP contribution in [0.2, 0.25) is 0 Å². The van der Waals surface area contributed by atoms with E-state index in [1.807, 2.05) is 38.1 Å². The van der Waals surface area contributed by atoms with Crippen LogP contribution in [0.3, 0.4) is 0 Å². The van der Waals surface area contributed by atoms with Crippen molar-refractivity contribution in [1.82, 2.24) is 20.4 Å². The molecule has 4 aromatic rings. The van der Waals surface area contributed by atoms with Crippen molar-refractivity contribution in [2.45, 2.75) is 19.0 Å². The third-order valence-corrected chi connectivity index (χ3v) is 6.61. The van der Waals surface area contributed by atoms with E-state index in [-0.39, 0.29) is 17.2 Å². The van der Waals surface area contributed by atoms with Gasteiger partial charge in [0.15, 0.2) is 5.16 Å². The molecule has 2 aromatic heterocycles. The molecule has 0 atom stereocenters. The van der Waals surface area contributed by atoms with Crippen molar-refractivity contribution in [2.75, 3.05) is 5.75 Å². The quantitative estimate of drug-likeness (QED) is 0.267. The molecule has 0 saturated heterocycles. The fourth-order valence-electron chi connectivity index (χ4n) is 3.33. The van der Waals surface area contributed by atoms with E-state index in [4.69, 9.17) is 0 Å². The van der Waals surface area contributed by atoms with E-state index in [2.05, 4.69) is 15.8 Å². The Morgan fingerprint density at radius 1 is 1.00 bits per heavy atom. The summed E-state index contributed by atoms with van der Waals surface area (Å²) in [5, 5.41) is 2.70. The van der Waals surface area contributed by atoms with Crippen LogP contribution in [0.25, 0.3) is 16.6 Å². The second-order valence-electron chi connectivity index (χ2n) is 7.06. The van der Waals surface area contributed by atoms with E-state index < -0.39 is 5.91 Å². The van der Waals surface area contributed by atoms with Crippen LogP contribution in [0.15, 0.2) is 69.9 Å². The number of fused-ring (bicyclic) bond motifs is 1. The predicted octanol–water partition coefficient (Wildman–Crippen LogP) is 3.62. The molecule has 0 spiro atoms. The Morgan fingerprint density at radius 2 is 1.75 bits per heavy atom. The molecule has 0 bridgehead atoms. The molecule has 2 heterocycles. The van der Waals surface area contributed by atoms with Crippen LogP contribution in [0.4, 0.5) is 0 Å². The van der Waals surface area contributed by atoms with Crippen molar-refractivity contribution in [3.05, 3.63) is 86.3 Å². The molecule has 0 unspecified atom stereocenters. The minimum absolute atomic E-state index is 0.0274. The Balaban J connectivity index is 1.62. The number of aromatic nitrogens is 2. The number of aryl methyl sites for hydroxylation is 2. The molecule has 0 aliphatic carbocycles. The third-order valence-electron chi connectivity index (χ3n) is 4.80. The number of hydrogen-bond acceptors (Lipinski definition) is 6. The first kappa shape index (κ1) is 21.8. The average Bonchev–Trinajstić information content (AvgIpc) is 3.32. The van der Waals surface area contributed by atoms with E-state index in [0.717, 1.165) is 28.6 Å². The fourth-order valence-corrected chi connectivity index (χ4v) is 4.74. The lowest BCUT2D eigenvalue weighted by atomic mass is 10.1. The van der Waals surface area contributed by atoms with E-state index in [0.29, 0.717) is 20.9 Å². The summed E-state index contributed by atoms with van der Waals surface area (Å²) in [6, 6.07) is 16.4. The molecule has 0 saturated carbocycles. The predicted molar refractivity (Wildman–Crippen MR) is 127 cm³/mol. The first-order valence-corrected chi connectivity index (χ1v) is 11.7. The van der Waals surface area contributed by atoms with Gasteiger partial charge in [-0.2, -0.15) is 0 Å². The molecular weight excluding hydrogens is 444 g/mol. The van der Waals surface area contributed by atoms with Gasteiger partial charge in [0.1, 0.15) is 0 Å². The summed E-state index contributed by atoms with van der Waals surface area (Å²) in [7, 11) is 0. The number of thioether (sulfide) groups is 1. The van der Waals surface area contributed by atoms with Crippen LogP contribution < -0.4 is 16.4 Å². The summed E-state index contributed by atoms with van der Waals surface area (Å²) in [5.74, 6) is -0.814. The van der Waals surface area contributed by atoms with Gasteiger partial charge in [-0.15, -0.1) is 11.3 Å². The lowest BCUT2D eigenvalue weighted by molar-refractivity contribution is -0.119. The number of carbonyl (C=O) groups is 2. The van der Waals surface area contributed by atoms with Gasteiger partial charge in [-0.25, -0.2) is 4.98 Å². The molecule has 0 aliphatic rings. The highest BCUT2D eigenvalue weighted by Gasteiger charge is 2.17. The summed E-state index contributed by atoms with van der Waals surface area (Å²) in [4.78, 5) is 42.9. The van der Waals surface area contributed by atoms with Crippen LogP contribution in [0, 0.1) is 13.8 Å². The Bertz CT molecular complexity index is 1340. The highest BCUT2D eigenvalue weighted by atomic mass is 32.2. The number of rotatable bonds is 5. The highest BCUT2D eigenvalue weighted by molar-refractivity contribution is 7.99. The van der Waals surface area contributed by atoms with Crippen LogP contribution in [0.5, 0.6) is 0 Å². The van der Waals surface area contributed by atoms with Crippen molar-refractivity contribution in [3.8, 4) is 5.69 Å². The standard InChI is InChI=1S/C23H20N4O3S2/c1-14-7-5-8-15(2)20(14)27-22(30)16-9-3-4-10-17(16)24-23(27)32-13-19(28)25-26-21(29)18-11-6-12-31-18/h3-12H,13H2,1-2H3,(H,25,28)(H,26,29). The van der Waals surface area contributed by atoms with E-state index in [1.54, 1.807) is 40.3 Å². The van der Waals surface area contributed by atoms with Gasteiger partial charge in [0.25, 0.3) is 11.5 Å². The molecule has 4 rings (SSSR count). The second kappa shape index (κ2) is 9.37. The normalized spacial score (nSPS) is 10.8. The number of carbonyl (C=O) groups excluding carboxylic acids is 2. The van der Waals surface area contributed by atoms with Crippen molar-refractivity contribution in [1.29, 1.82) is 0 Å². The van der Waals surface area contributed by atoms with Gasteiger partial charge in [0.05, 0.1) is 27.2 Å². The number of benzene rings is 2. The van der Waals surface area contributed by atoms with E-state index in [1.165, 1.54) is 11.3 Å². The van der Waals surface area contributed by atoms with Gasteiger partial charge in [0.2, 0.25) is 5.91 Å². The van der Waals surface area contributed by atoms with Crippen molar-refractivity contribution in [3.63, 3.8) is 0 Å². The van der Waals surface area contributed by atoms with E-state index in [9.17, 15) is 14.4 Å². The smallest absolute Gasteiger partial charge is 0.272 e. The summed E-state index contributed by atoms with van der Waals surface area (Å²) in [6.45, 7) is 3.87. The summed E-state index contributed by atoms with van der Waals surface area (Å²) < 4.78 is 1.56. The number of thiophene rings is 1. The summed E-state index contributed by atoms with van der Waals surface area (Å²) in [5.41, 5.74) is 7.79. The van der Waals surface area contributed by atoms with Crippen LogP contribution in [-0.4, -0.2) is 27.1 Å².